The van der Waals surface area contributed by atoms with Gasteiger partial charge in [-0.2, -0.15) is 0 Å². The first-order valence-corrected chi connectivity index (χ1v) is 27.1. The van der Waals surface area contributed by atoms with E-state index < -0.39 is 0 Å². The first-order valence-electron chi connectivity index (χ1n) is 27.1. The summed E-state index contributed by atoms with van der Waals surface area (Å²) < 4.78 is 6.82. The highest BCUT2D eigenvalue weighted by Gasteiger charge is 2.28. The Balaban J connectivity index is 1.24. The van der Waals surface area contributed by atoms with Gasteiger partial charge < -0.3 is 9.64 Å². The second kappa shape index (κ2) is 19.4. The van der Waals surface area contributed by atoms with Gasteiger partial charge in [0, 0.05) is 5.69 Å². The highest BCUT2D eigenvalue weighted by atomic mass is 16.5. The van der Waals surface area contributed by atoms with Crippen LogP contribution in [0.5, 0.6) is 11.5 Å². The van der Waals surface area contributed by atoms with Gasteiger partial charge in [-0.1, -0.05) is 199 Å². The molecule has 1 aliphatic rings. The summed E-state index contributed by atoms with van der Waals surface area (Å²) in [7, 11) is 0. The molecule has 0 radical (unpaired) electrons. The minimum Gasteiger partial charge on any atom is -0.453 e. The van der Waals surface area contributed by atoms with Crippen LogP contribution in [0.3, 0.4) is 0 Å². The van der Waals surface area contributed by atoms with Crippen LogP contribution in [0.15, 0.2) is 188 Å². The van der Waals surface area contributed by atoms with Gasteiger partial charge in [0.1, 0.15) is 0 Å². The van der Waals surface area contributed by atoms with Crippen LogP contribution >= 0.6 is 0 Å². The zero-order chi connectivity index (χ0) is 53.2. The number of fused-ring (bicyclic) bond motifs is 2. The minimum absolute atomic E-state index is 0.0492. The molecule has 0 atom stereocenters. The molecular weight excluding hydrogens is 907 g/mol. The van der Waals surface area contributed by atoms with Crippen molar-refractivity contribution in [3.63, 3.8) is 0 Å². The fourth-order valence-electron chi connectivity index (χ4n) is 10.4. The van der Waals surface area contributed by atoms with Crippen LogP contribution in [-0.2, 0) is 28.1 Å². The first kappa shape index (κ1) is 51.1. The van der Waals surface area contributed by atoms with Gasteiger partial charge in [0.2, 0.25) is 0 Å². The van der Waals surface area contributed by atoms with Crippen molar-refractivity contribution in [1.29, 1.82) is 0 Å². The Morgan fingerprint density at radius 1 is 0.307 bits per heavy atom. The number of ether oxygens (including phenoxy) is 1. The van der Waals surface area contributed by atoms with Gasteiger partial charge in [0.05, 0.1) is 11.4 Å². The fraction of sp³-hybridized carbons (Fsp3) is 0.260. The quantitative estimate of drug-likeness (QED) is 0.150. The van der Waals surface area contributed by atoms with Gasteiger partial charge in [-0.3, -0.25) is 0 Å². The van der Waals surface area contributed by atoms with Crippen molar-refractivity contribution in [1.82, 2.24) is 0 Å². The average molecular weight is 982 g/mol. The average Bonchev–Trinajstić information content (AvgIpc) is 3.39. The Hall–Kier alpha value is -7.42. The van der Waals surface area contributed by atoms with E-state index in [2.05, 4.69) is 290 Å². The van der Waals surface area contributed by atoms with Crippen molar-refractivity contribution in [2.45, 2.75) is 125 Å². The first-order chi connectivity index (χ1) is 35.5. The lowest BCUT2D eigenvalue weighted by molar-refractivity contribution is 0.476. The van der Waals surface area contributed by atoms with Crippen molar-refractivity contribution < 1.29 is 4.74 Å². The SMILES string of the molecule is CCc1ccc2c(c1)Oc1cc(C)ccc1N2c1cc(-c2cc(-c3ccc(C(C)(C)C)cc3)cc(-c3ccc(C(C)(C)C)cc3)c2)cc(-c2cc(-c3ccc(C(C)(C)C)cc3)cc(-c3ccc(C(C)(C)C)cc3)c2)c1. The molecule has 75 heavy (non-hydrogen) atoms. The largest absolute Gasteiger partial charge is 0.453 e. The van der Waals surface area contributed by atoms with E-state index in [4.69, 9.17) is 4.74 Å². The number of nitrogens with zero attached hydrogens (tertiary/aromatic N) is 1. The molecule has 0 N–H and O–H groups in total. The zero-order valence-corrected chi connectivity index (χ0v) is 47.0. The van der Waals surface area contributed by atoms with Gasteiger partial charge in [0.25, 0.3) is 0 Å². The van der Waals surface area contributed by atoms with E-state index in [1.807, 2.05) is 0 Å². The number of aryl methyl sites for hydroxylation is 2. The van der Waals surface area contributed by atoms with Crippen LogP contribution in [0.1, 0.15) is 123 Å². The van der Waals surface area contributed by atoms with Gasteiger partial charge in [-0.05, 0) is 214 Å². The third kappa shape index (κ3) is 10.8. The smallest absolute Gasteiger partial charge is 0.151 e. The highest BCUT2D eigenvalue weighted by molar-refractivity contribution is 5.93. The molecule has 1 aliphatic heterocycles. The Bertz CT molecular complexity index is 3210. The van der Waals surface area contributed by atoms with Gasteiger partial charge in [-0.25, -0.2) is 0 Å². The molecule has 0 unspecified atom stereocenters. The van der Waals surface area contributed by atoms with Crippen molar-refractivity contribution >= 4 is 17.1 Å². The maximum atomic E-state index is 6.82. The van der Waals surface area contributed by atoms with Crippen LogP contribution in [0.4, 0.5) is 17.1 Å². The van der Waals surface area contributed by atoms with Crippen LogP contribution < -0.4 is 9.64 Å². The van der Waals surface area contributed by atoms with Crippen molar-refractivity contribution in [3.8, 4) is 78.3 Å². The number of anilines is 3. The molecule has 9 aromatic rings. The predicted octanol–water partition coefficient (Wildman–Crippen LogP) is 21.3. The van der Waals surface area contributed by atoms with Crippen LogP contribution in [0.2, 0.25) is 0 Å². The molecular formula is C73H75NO. The lowest BCUT2D eigenvalue weighted by Crippen LogP contribution is -2.16. The molecule has 0 saturated carbocycles. The molecule has 0 saturated heterocycles. The second-order valence-corrected chi connectivity index (χ2v) is 25.2. The molecule has 0 spiro atoms. The molecule has 0 bridgehead atoms. The minimum atomic E-state index is 0.0492. The Morgan fingerprint density at radius 2 is 0.587 bits per heavy atom. The number of hydrogen-bond acceptors (Lipinski definition) is 2. The predicted molar refractivity (Wildman–Crippen MR) is 323 cm³/mol. The molecule has 0 aromatic heterocycles. The van der Waals surface area contributed by atoms with Crippen molar-refractivity contribution in [2.75, 3.05) is 4.90 Å². The highest BCUT2D eigenvalue weighted by Crippen LogP contribution is 2.52. The monoisotopic (exact) mass is 982 g/mol. The van der Waals surface area contributed by atoms with Crippen LogP contribution in [0.25, 0.3) is 66.8 Å². The summed E-state index contributed by atoms with van der Waals surface area (Å²) in [6, 6.07) is 71.7. The third-order valence-corrected chi connectivity index (χ3v) is 15.3. The number of benzene rings is 9. The molecule has 0 amide bonds. The van der Waals surface area contributed by atoms with E-state index in [1.54, 1.807) is 0 Å². The van der Waals surface area contributed by atoms with Gasteiger partial charge in [-0.15, -0.1) is 0 Å². The maximum Gasteiger partial charge on any atom is 0.151 e. The van der Waals surface area contributed by atoms with E-state index in [-0.39, 0.29) is 21.7 Å². The Labute approximate surface area is 449 Å². The molecule has 2 heteroatoms. The van der Waals surface area contributed by atoms with Crippen molar-refractivity contribution in [2.24, 2.45) is 0 Å². The Morgan fingerprint density at radius 3 is 0.893 bits per heavy atom. The van der Waals surface area contributed by atoms with Crippen molar-refractivity contribution in [3.05, 3.63) is 221 Å². The lowest BCUT2D eigenvalue weighted by Gasteiger charge is -2.34. The summed E-state index contributed by atoms with van der Waals surface area (Å²) in [5.41, 5.74) is 25.0. The zero-order valence-electron chi connectivity index (χ0n) is 47.0. The summed E-state index contributed by atoms with van der Waals surface area (Å²) >= 11 is 0. The van der Waals surface area contributed by atoms with Crippen LogP contribution in [-0.4, -0.2) is 0 Å². The molecule has 0 fully saturated rings. The molecule has 0 aliphatic carbocycles. The van der Waals surface area contributed by atoms with Gasteiger partial charge >= 0.3 is 0 Å². The summed E-state index contributed by atoms with van der Waals surface area (Å²) in [4.78, 5) is 2.42. The fourth-order valence-corrected chi connectivity index (χ4v) is 10.4. The van der Waals surface area contributed by atoms with E-state index in [0.717, 1.165) is 62.8 Å². The van der Waals surface area contributed by atoms with Crippen LogP contribution in [0, 0.1) is 6.92 Å². The number of hydrogen-bond donors (Lipinski definition) is 0. The Kier molecular flexibility index (Phi) is 13.2. The molecule has 10 rings (SSSR count). The topological polar surface area (TPSA) is 12.5 Å². The normalized spacial score (nSPS) is 12.8. The van der Waals surface area contributed by atoms with E-state index in [1.165, 1.54) is 72.3 Å². The third-order valence-electron chi connectivity index (χ3n) is 15.3. The summed E-state index contributed by atoms with van der Waals surface area (Å²) in [6.07, 6.45) is 0.921. The summed E-state index contributed by atoms with van der Waals surface area (Å²) in [5, 5.41) is 0. The molecule has 9 aromatic carbocycles. The maximum absolute atomic E-state index is 6.82. The second-order valence-electron chi connectivity index (χ2n) is 25.2. The lowest BCUT2D eigenvalue weighted by atomic mass is 9.84. The molecule has 1 heterocycles. The number of rotatable bonds is 8. The van der Waals surface area contributed by atoms with E-state index in [0.29, 0.717) is 0 Å². The molecule has 2 nitrogen and oxygen atoms in total. The summed E-state index contributed by atoms with van der Waals surface area (Å²) in [5.74, 6) is 1.72. The molecule has 378 valence electrons. The van der Waals surface area contributed by atoms with E-state index in [9.17, 15) is 0 Å². The standard InChI is InChI=1S/C73H75NO/c1-15-48-17-35-67-69(37-48)75-68-36-47(2)16-34-66(68)74(67)65-45-59(57-40-53(49-18-26-61(27-19-49)70(3,4)5)38-54(41-57)50-20-28-62(29-21-50)71(6,7)8)44-60(46-65)58-42-55(51-22-30-63(31-23-51)72(9,10)11)39-56(43-58)52-24-32-64(33-25-52)73(12,13)14/h16-46H,15H2,1-14H3. The summed E-state index contributed by atoms with van der Waals surface area (Å²) in [6.45, 7) is 31.7. The van der Waals surface area contributed by atoms with Gasteiger partial charge in [0.15, 0.2) is 11.5 Å². The van der Waals surface area contributed by atoms with E-state index >= 15 is 0 Å².